The second-order valence-corrected chi connectivity index (χ2v) is 6.27. The minimum Gasteiger partial charge on any atom is -0.507 e. The van der Waals surface area contributed by atoms with Crippen molar-refractivity contribution in [3.05, 3.63) is 77.4 Å². The van der Waals surface area contributed by atoms with Gasteiger partial charge >= 0.3 is 5.97 Å². The van der Waals surface area contributed by atoms with E-state index < -0.39 is 23.7 Å². The van der Waals surface area contributed by atoms with Crippen molar-refractivity contribution in [2.24, 2.45) is 0 Å². The number of carbonyl (C=O) groups excluding carboxylic acids is 2. The SMILES string of the molecule is O=C(O)CCCN1C(=O)C(=O)/C(=C(/O)c2ccccc2)C1c1ccccc1. The molecule has 0 aliphatic carbocycles. The van der Waals surface area contributed by atoms with E-state index in [9.17, 15) is 19.5 Å². The summed E-state index contributed by atoms with van der Waals surface area (Å²) in [4.78, 5) is 37.4. The molecule has 138 valence electrons. The number of benzene rings is 2. The molecule has 1 heterocycles. The van der Waals surface area contributed by atoms with Gasteiger partial charge in [-0.25, -0.2) is 0 Å². The topological polar surface area (TPSA) is 94.9 Å². The smallest absolute Gasteiger partial charge is 0.303 e. The number of aliphatic carboxylic acids is 1. The normalized spacial score (nSPS) is 18.7. The lowest BCUT2D eigenvalue weighted by Crippen LogP contribution is -2.31. The van der Waals surface area contributed by atoms with Crippen molar-refractivity contribution in [3.63, 3.8) is 0 Å². The lowest BCUT2D eigenvalue weighted by Gasteiger charge is -2.25. The van der Waals surface area contributed by atoms with Gasteiger partial charge < -0.3 is 15.1 Å². The lowest BCUT2D eigenvalue weighted by atomic mass is 9.95. The van der Waals surface area contributed by atoms with Crippen LogP contribution in [0.15, 0.2) is 66.2 Å². The molecule has 1 amide bonds. The maximum absolute atomic E-state index is 12.7. The average molecular weight is 365 g/mol. The number of aliphatic hydroxyl groups is 1. The number of carboxylic acid groups (broad SMARTS) is 1. The summed E-state index contributed by atoms with van der Waals surface area (Å²) in [6, 6.07) is 16.8. The Hall–Kier alpha value is -3.41. The second-order valence-electron chi connectivity index (χ2n) is 6.27. The fourth-order valence-corrected chi connectivity index (χ4v) is 3.24. The van der Waals surface area contributed by atoms with E-state index in [0.717, 1.165) is 0 Å². The molecule has 0 radical (unpaired) electrons. The number of hydrogen-bond acceptors (Lipinski definition) is 4. The zero-order chi connectivity index (χ0) is 19.4. The van der Waals surface area contributed by atoms with Crippen LogP contribution in [0.1, 0.15) is 30.0 Å². The molecule has 0 aromatic heterocycles. The molecular formula is C21H19NO5. The van der Waals surface area contributed by atoms with E-state index in [0.29, 0.717) is 11.1 Å². The van der Waals surface area contributed by atoms with Crippen LogP contribution in [0.2, 0.25) is 0 Å². The minimum atomic E-state index is -0.966. The standard InChI is InChI=1S/C21H19NO5/c23-16(24)12-7-13-22-18(14-8-3-1-4-9-14)17(20(26)21(22)27)19(25)15-10-5-2-6-11-15/h1-6,8-11,18,25H,7,12-13H2,(H,23,24)/b19-17+. The van der Waals surface area contributed by atoms with Gasteiger partial charge in [0.1, 0.15) is 5.76 Å². The van der Waals surface area contributed by atoms with E-state index in [1.54, 1.807) is 54.6 Å². The van der Waals surface area contributed by atoms with Crippen LogP contribution in [-0.4, -0.2) is 39.3 Å². The first-order chi connectivity index (χ1) is 13.0. The predicted molar refractivity (Wildman–Crippen MR) is 98.8 cm³/mol. The summed E-state index contributed by atoms with van der Waals surface area (Å²) in [5.74, 6) is -2.69. The Bertz CT molecular complexity index is 889. The Kier molecular flexibility index (Phi) is 5.35. The van der Waals surface area contributed by atoms with Gasteiger partial charge in [-0.05, 0) is 12.0 Å². The Morgan fingerprint density at radius 1 is 0.926 bits per heavy atom. The molecule has 1 saturated heterocycles. The van der Waals surface area contributed by atoms with Crippen molar-refractivity contribution in [1.82, 2.24) is 4.90 Å². The van der Waals surface area contributed by atoms with Gasteiger partial charge in [0.25, 0.3) is 11.7 Å². The van der Waals surface area contributed by atoms with Gasteiger partial charge in [-0.3, -0.25) is 14.4 Å². The van der Waals surface area contributed by atoms with Gasteiger partial charge in [-0.1, -0.05) is 60.7 Å². The van der Waals surface area contributed by atoms with Crippen molar-refractivity contribution < 1.29 is 24.6 Å². The molecule has 2 N–H and O–H groups in total. The number of rotatable bonds is 6. The first-order valence-corrected chi connectivity index (χ1v) is 8.61. The molecule has 2 aromatic carbocycles. The summed E-state index contributed by atoms with van der Waals surface area (Å²) in [7, 11) is 0. The summed E-state index contributed by atoms with van der Waals surface area (Å²) in [5, 5.41) is 19.6. The Morgan fingerprint density at radius 2 is 1.52 bits per heavy atom. The van der Waals surface area contributed by atoms with Gasteiger partial charge in [0.15, 0.2) is 0 Å². The van der Waals surface area contributed by atoms with Gasteiger partial charge in [-0.15, -0.1) is 0 Å². The number of likely N-dealkylation sites (tertiary alicyclic amines) is 1. The average Bonchev–Trinajstić information content (AvgIpc) is 2.93. The molecule has 1 fully saturated rings. The molecule has 1 unspecified atom stereocenters. The summed E-state index contributed by atoms with van der Waals surface area (Å²) in [5.41, 5.74) is 1.15. The molecule has 3 rings (SSSR count). The quantitative estimate of drug-likeness (QED) is 0.466. The number of carbonyl (C=O) groups is 3. The van der Waals surface area contributed by atoms with Crippen LogP contribution in [0.3, 0.4) is 0 Å². The first kappa shape index (κ1) is 18.4. The molecule has 1 aliphatic heterocycles. The van der Waals surface area contributed by atoms with Gasteiger partial charge in [0, 0.05) is 18.5 Å². The molecule has 27 heavy (non-hydrogen) atoms. The number of hydrogen-bond donors (Lipinski definition) is 2. The zero-order valence-corrected chi connectivity index (χ0v) is 14.5. The fraction of sp³-hybridized carbons (Fsp3) is 0.190. The highest BCUT2D eigenvalue weighted by atomic mass is 16.4. The van der Waals surface area contributed by atoms with Gasteiger partial charge in [0.2, 0.25) is 0 Å². The lowest BCUT2D eigenvalue weighted by molar-refractivity contribution is -0.140. The third-order valence-corrected chi connectivity index (χ3v) is 4.49. The number of carboxylic acids is 1. The van der Waals surface area contributed by atoms with Crippen molar-refractivity contribution in [1.29, 1.82) is 0 Å². The highest BCUT2D eigenvalue weighted by Gasteiger charge is 2.45. The highest BCUT2D eigenvalue weighted by Crippen LogP contribution is 2.39. The van der Waals surface area contributed by atoms with E-state index in [2.05, 4.69) is 0 Å². The van der Waals surface area contributed by atoms with Crippen LogP contribution in [-0.2, 0) is 14.4 Å². The molecule has 1 aliphatic rings. The van der Waals surface area contributed by atoms with E-state index in [1.807, 2.05) is 6.07 Å². The summed E-state index contributed by atoms with van der Waals surface area (Å²) in [6.45, 7) is 0.113. The minimum absolute atomic E-state index is 0.0210. The summed E-state index contributed by atoms with van der Waals surface area (Å²) in [6.07, 6.45) is 0.111. The molecule has 0 spiro atoms. The van der Waals surface area contributed by atoms with E-state index in [4.69, 9.17) is 5.11 Å². The maximum Gasteiger partial charge on any atom is 0.303 e. The fourth-order valence-electron chi connectivity index (χ4n) is 3.24. The molecule has 0 saturated carbocycles. The highest BCUT2D eigenvalue weighted by molar-refractivity contribution is 6.46. The molecule has 6 nitrogen and oxygen atoms in total. The molecule has 6 heteroatoms. The van der Waals surface area contributed by atoms with Crippen LogP contribution in [0.5, 0.6) is 0 Å². The number of ketones is 1. The monoisotopic (exact) mass is 365 g/mol. The van der Waals surface area contributed by atoms with Crippen LogP contribution in [0.25, 0.3) is 5.76 Å². The van der Waals surface area contributed by atoms with E-state index in [-0.39, 0.29) is 30.7 Å². The predicted octanol–water partition coefficient (Wildman–Crippen LogP) is 2.97. The Labute approximate surface area is 156 Å². The van der Waals surface area contributed by atoms with Crippen molar-refractivity contribution in [2.45, 2.75) is 18.9 Å². The maximum atomic E-state index is 12.7. The molecular weight excluding hydrogens is 346 g/mol. The summed E-state index contributed by atoms with van der Waals surface area (Å²) >= 11 is 0. The van der Waals surface area contributed by atoms with E-state index >= 15 is 0 Å². The van der Waals surface area contributed by atoms with Crippen LogP contribution < -0.4 is 0 Å². The van der Waals surface area contributed by atoms with Crippen molar-refractivity contribution in [3.8, 4) is 0 Å². The van der Waals surface area contributed by atoms with Gasteiger partial charge in [-0.2, -0.15) is 0 Å². The molecule has 0 bridgehead atoms. The largest absolute Gasteiger partial charge is 0.507 e. The second kappa shape index (κ2) is 7.86. The Balaban J connectivity index is 2.07. The molecule has 2 aromatic rings. The number of Topliss-reactive ketones (excluding diaryl/α,β-unsaturated/α-hetero) is 1. The van der Waals surface area contributed by atoms with Crippen LogP contribution in [0.4, 0.5) is 0 Å². The van der Waals surface area contributed by atoms with Crippen LogP contribution in [0, 0.1) is 0 Å². The van der Waals surface area contributed by atoms with Gasteiger partial charge in [0.05, 0.1) is 11.6 Å². The first-order valence-electron chi connectivity index (χ1n) is 8.61. The Morgan fingerprint density at radius 3 is 2.11 bits per heavy atom. The number of amides is 1. The molecule has 1 atom stereocenters. The van der Waals surface area contributed by atoms with Crippen LogP contribution >= 0.6 is 0 Å². The third-order valence-electron chi connectivity index (χ3n) is 4.49. The number of aliphatic hydroxyl groups excluding tert-OH is 1. The summed E-state index contributed by atoms with van der Waals surface area (Å²) < 4.78 is 0. The number of nitrogens with zero attached hydrogens (tertiary/aromatic N) is 1. The third kappa shape index (κ3) is 3.74. The van der Waals surface area contributed by atoms with Crippen molar-refractivity contribution in [2.75, 3.05) is 6.54 Å². The van der Waals surface area contributed by atoms with Crippen molar-refractivity contribution >= 4 is 23.4 Å². The zero-order valence-electron chi connectivity index (χ0n) is 14.5. The van der Waals surface area contributed by atoms with E-state index in [1.165, 1.54) is 4.90 Å².